The zero-order chi connectivity index (χ0) is 22.3. The maximum atomic E-state index is 13.9. The van der Waals surface area contributed by atoms with E-state index >= 15 is 0 Å². The van der Waals surface area contributed by atoms with Crippen molar-refractivity contribution >= 4 is 29.0 Å². The van der Waals surface area contributed by atoms with Crippen molar-refractivity contribution in [3.63, 3.8) is 0 Å². The van der Waals surface area contributed by atoms with E-state index in [1.54, 1.807) is 25.4 Å². The Bertz CT molecular complexity index is 1110. The summed E-state index contributed by atoms with van der Waals surface area (Å²) in [6.07, 6.45) is 5.84. The maximum absolute atomic E-state index is 13.9. The summed E-state index contributed by atoms with van der Waals surface area (Å²) >= 11 is 12.3. The molecule has 31 heavy (non-hydrogen) atoms. The first-order valence-corrected chi connectivity index (χ1v) is 10.6. The van der Waals surface area contributed by atoms with Crippen molar-refractivity contribution in [2.24, 2.45) is 0 Å². The van der Waals surface area contributed by atoms with Crippen LogP contribution in [0.4, 0.5) is 10.2 Å². The summed E-state index contributed by atoms with van der Waals surface area (Å²) in [5, 5.41) is 4.65. The average molecular weight is 465 g/mol. The first kappa shape index (κ1) is 21.9. The molecule has 1 saturated heterocycles. The number of nitrogens with zero attached hydrogens (tertiary/aromatic N) is 3. The van der Waals surface area contributed by atoms with Gasteiger partial charge in [-0.05, 0) is 39.0 Å². The summed E-state index contributed by atoms with van der Waals surface area (Å²) in [6, 6.07) is 4.42. The predicted molar refractivity (Wildman–Crippen MR) is 119 cm³/mol. The Balaban J connectivity index is 1.52. The zero-order valence-corrected chi connectivity index (χ0v) is 18.9. The molecule has 0 aliphatic carbocycles. The lowest BCUT2D eigenvalue weighted by Crippen LogP contribution is -2.47. The monoisotopic (exact) mass is 464 g/mol. The minimum absolute atomic E-state index is 0.0576. The highest BCUT2D eigenvalue weighted by atomic mass is 35.5. The van der Waals surface area contributed by atoms with Crippen molar-refractivity contribution in [1.82, 2.24) is 14.8 Å². The Morgan fingerprint density at radius 1 is 1.32 bits per heavy atom. The molecule has 3 aromatic rings. The number of pyridine rings is 1. The Morgan fingerprint density at radius 2 is 2.06 bits per heavy atom. The third kappa shape index (κ3) is 4.63. The normalized spacial score (nSPS) is 18.5. The summed E-state index contributed by atoms with van der Waals surface area (Å²) in [7, 11) is 0. The van der Waals surface area contributed by atoms with Crippen LogP contribution in [0.1, 0.15) is 38.9 Å². The molecule has 1 aliphatic heterocycles. The quantitative estimate of drug-likeness (QED) is 0.474. The third-order valence-electron chi connectivity index (χ3n) is 5.23. The largest absolute Gasteiger partial charge is 0.482 e. The number of hydrogen-bond donors (Lipinski definition) is 1. The van der Waals surface area contributed by atoms with E-state index < -0.39 is 11.9 Å². The van der Waals surface area contributed by atoms with Crippen molar-refractivity contribution in [3.8, 4) is 16.9 Å². The number of aromatic nitrogens is 3. The summed E-state index contributed by atoms with van der Waals surface area (Å²) in [5.41, 5.74) is 7.95. The lowest BCUT2D eigenvalue weighted by molar-refractivity contribution is -0.189. The average Bonchev–Trinajstić information content (AvgIpc) is 3.14. The van der Waals surface area contributed by atoms with Gasteiger partial charge in [0, 0.05) is 40.5 Å². The van der Waals surface area contributed by atoms with Crippen LogP contribution in [0.2, 0.25) is 10.0 Å². The van der Waals surface area contributed by atoms with Gasteiger partial charge < -0.3 is 15.2 Å². The first-order chi connectivity index (χ1) is 14.6. The third-order valence-corrected chi connectivity index (χ3v) is 5.95. The predicted octanol–water partition coefficient (Wildman–Crippen LogP) is 5.68. The first-order valence-electron chi connectivity index (χ1n) is 9.89. The van der Waals surface area contributed by atoms with Gasteiger partial charge in [0.2, 0.25) is 0 Å². The van der Waals surface area contributed by atoms with Gasteiger partial charge in [0.25, 0.3) is 0 Å². The van der Waals surface area contributed by atoms with Crippen molar-refractivity contribution in [2.75, 3.05) is 5.73 Å². The van der Waals surface area contributed by atoms with Gasteiger partial charge in [-0.1, -0.05) is 23.2 Å². The molecule has 1 unspecified atom stereocenters. The van der Waals surface area contributed by atoms with Crippen LogP contribution in [0.25, 0.3) is 11.1 Å². The molecule has 0 spiro atoms. The summed E-state index contributed by atoms with van der Waals surface area (Å²) < 4.78 is 27.5. The van der Waals surface area contributed by atoms with Crippen LogP contribution in [0, 0.1) is 5.82 Å². The van der Waals surface area contributed by atoms with Gasteiger partial charge in [-0.3, -0.25) is 4.68 Å². The highest BCUT2D eigenvalue weighted by Gasteiger charge is 2.37. The fourth-order valence-corrected chi connectivity index (χ4v) is 4.46. The fraction of sp³-hybridized carbons (Fsp3) is 0.364. The second-order valence-corrected chi connectivity index (χ2v) is 9.06. The van der Waals surface area contributed by atoms with Gasteiger partial charge >= 0.3 is 0 Å². The van der Waals surface area contributed by atoms with E-state index in [4.69, 9.17) is 38.4 Å². The number of anilines is 1. The molecule has 9 heteroatoms. The van der Waals surface area contributed by atoms with E-state index in [1.807, 2.05) is 10.9 Å². The number of nitrogen functional groups attached to an aromatic ring is 1. The minimum Gasteiger partial charge on any atom is -0.482 e. The molecular formula is C22H23Cl2FN4O2. The SMILES string of the molecule is C[C@@H](Oc1cc(-c2cnn(CC3CC(C)(C)O3)c2)cnc1N)c1c(Cl)ccc(F)c1Cl. The summed E-state index contributed by atoms with van der Waals surface area (Å²) in [5.74, 6) is -0.0161. The number of rotatable bonds is 6. The summed E-state index contributed by atoms with van der Waals surface area (Å²) in [6.45, 7) is 6.55. The number of hydrogen-bond acceptors (Lipinski definition) is 5. The second-order valence-electron chi connectivity index (χ2n) is 8.28. The van der Waals surface area contributed by atoms with E-state index in [0.29, 0.717) is 22.9 Å². The molecule has 6 nitrogen and oxygen atoms in total. The van der Waals surface area contributed by atoms with E-state index in [2.05, 4.69) is 23.9 Å². The van der Waals surface area contributed by atoms with Crippen LogP contribution >= 0.6 is 23.2 Å². The molecule has 3 heterocycles. The Hall–Kier alpha value is -2.35. The topological polar surface area (TPSA) is 75.2 Å². The van der Waals surface area contributed by atoms with E-state index in [0.717, 1.165) is 17.5 Å². The second kappa shape index (κ2) is 8.30. The molecule has 164 valence electrons. The summed E-state index contributed by atoms with van der Waals surface area (Å²) in [4.78, 5) is 4.23. The van der Waals surface area contributed by atoms with E-state index in [9.17, 15) is 4.39 Å². The van der Waals surface area contributed by atoms with Gasteiger partial charge in [-0.15, -0.1) is 0 Å². The molecule has 2 atom stereocenters. The van der Waals surface area contributed by atoms with Crippen molar-refractivity contribution in [3.05, 3.63) is 58.2 Å². The number of ether oxygens (including phenoxy) is 2. The number of nitrogens with two attached hydrogens (primary N) is 1. The molecule has 1 aromatic carbocycles. The van der Waals surface area contributed by atoms with Crippen LogP contribution < -0.4 is 10.5 Å². The molecule has 0 radical (unpaired) electrons. The zero-order valence-electron chi connectivity index (χ0n) is 17.4. The van der Waals surface area contributed by atoms with Crippen LogP contribution in [0.3, 0.4) is 0 Å². The molecule has 0 saturated carbocycles. The van der Waals surface area contributed by atoms with Crippen LogP contribution in [-0.2, 0) is 11.3 Å². The van der Waals surface area contributed by atoms with Crippen molar-refractivity contribution in [2.45, 2.75) is 51.5 Å². The fourth-order valence-electron chi connectivity index (χ4n) is 3.78. The molecule has 1 fully saturated rings. The highest BCUT2D eigenvalue weighted by molar-refractivity contribution is 6.36. The van der Waals surface area contributed by atoms with Crippen molar-refractivity contribution < 1.29 is 13.9 Å². The molecule has 4 rings (SSSR count). The van der Waals surface area contributed by atoms with Gasteiger partial charge in [0.15, 0.2) is 11.6 Å². The maximum Gasteiger partial charge on any atom is 0.166 e. The minimum atomic E-state index is -0.642. The Labute approximate surface area is 190 Å². The Morgan fingerprint density at radius 3 is 2.77 bits per heavy atom. The van der Waals surface area contributed by atoms with Crippen LogP contribution in [0.15, 0.2) is 36.8 Å². The van der Waals surface area contributed by atoms with Gasteiger partial charge in [0.1, 0.15) is 11.9 Å². The number of benzene rings is 1. The lowest BCUT2D eigenvalue weighted by Gasteiger charge is -2.42. The highest BCUT2D eigenvalue weighted by Crippen LogP contribution is 2.37. The van der Waals surface area contributed by atoms with Gasteiger partial charge in [0.05, 0.1) is 29.5 Å². The molecule has 2 aromatic heterocycles. The Kier molecular flexibility index (Phi) is 5.85. The number of halogens is 3. The molecule has 0 bridgehead atoms. The standard InChI is InChI=1S/C22H23Cl2FN4O2/c1-12(19-16(23)4-5-17(25)20(19)24)30-18-6-13(8-27-21(18)26)14-9-28-29(10-14)11-15-7-22(2,3)31-15/h4-6,8-10,12,15H,7,11H2,1-3H3,(H2,26,27)/t12-,15?/m1/s1. The van der Waals surface area contributed by atoms with Crippen LogP contribution in [-0.4, -0.2) is 26.5 Å². The molecular weight excluding hydrogens is 442 g/mol. The van der Waals surface area contributed by atoms with E-state index in [1.165, 1.54) is 12.1 Å². The smallest absolute Gasteiger partial charge is 0.166 e. The van der Waals surface area contributed by atoms with Gasteiger partial charge in [-0.2, -0.15) is 5.10 Å². The molecule has 2 N–H and O–H groups in total. The lowest BCUT2D eigenvalue weighted by atomic mass is 9.93. The molecule has 1 aliphatic rings. The van der Waals surface area contributed by atoms with Crippen molar-refractivity contribution in [1.29, 1.82) is 0 Å². The van der Waals surface area contributed by atoms with E-state index in [-0.39, 0.29) is 22.5 Å². The molecule has 0 amide bonds. The van der Waals surface area contributed by atoms with Gasteiger partial charge in [-0.25, -0.2) is 9.37 Å². The van der Waals surface area contributed by atoms with Crippen LogP contribution in [0.5, 0.6) is 5.75 Å².